The molecule has 0 aromatic carbocycles. The number of amides is 1. The van der Waals surface area contributed by atoms with E-state index in [-0.39, 0.29) is 24.4 Å². The Morgan fingerprint density at radius 2 is 2.13 bits per heavy atom. The highest BCUT2D eigenvalue weighted by molar-refractivity contribution is 6.06. The van der Waals surface area contributed by atoms with E-state index in [0.29, 0.717) is 34.8 Å². The summed E-state index contributed by atoms with van der Waals surface area (Å²) in [5.74, 6) is 0.270. The van der Waals surface area contributed by atoms with Gasteiger partial charge in [-0.25, -0.2) is 4.98 Å². The molecule has 2 heterocycles. The molecular weight excluding hydrogens is 316 g/mol. The van der Waals surface area contributed by atoms with E-state index in [4.69, 9.17) is 10.3 Å². The quantitative estimate of drug-likeness (QED) is 0.896. The monoisotopic (exact) mass is 338 g/mol. The largest absolute Gasteiger partial charge is 0.349 e. The van der Waals surface area contributed by atoms with E-state index >= 15 is 0 Å². The molecule has 0 radical (unpaired) electrons. The molecule has 0 saturated heterocycles. The van der Waals surface area contributed by atoms with Crippen LogP contribution >= 0.6 is 12.4 Å². The average molecular weight is 339 g/mol. The molecule has 126 valence electrons. The predicted octanol–water partition coefficient (Wildman–Crippen LogP) is 2.51. The van der Waals surface area contributed by atoms with Gasteiger partial charge < -0.3 is 15.6 Å². The van der Waals surface area contributed by atoms with Crippen LogP contribution in [0.25, 0.3) is 11.1 Å². The van der Waals surface area contributed by atoms with E-state index in [1.165, 1.54) is 6.42 Å². The molecule has 0 spiro atoms. The number of hydrogen-bond acceptors (Lipinski definition) is 5. The first-order chi connectivity index (χ1) is 10.6. The second kappa shape index (κ2) is 7.27. The van der Waals surface area contributed by atoms with E-state index in [1.54, 1.807) is 6.07 Å². The molecule has 6 nitrogen and oxygen atoms in total. The topological polar surface area (TPSA) is 94.0 Å². The molecule has 1 saturated carbocycles. The molecule has 2 aromatic rings. The third-order valence-corrected chi connectivity index (χ3v) is 4.52. The number of fused-ring (bicyclic) bond motifs is 1. The van der Waals surface area contributed by atoms with Gasteiger partial charge in [-0.3, -0.25) is 4.79 Å². The van der Waals surface area contributed by atoms with Crippen molar-refractivity contribution in [2.45, 2.75) is 45.6 Å². The van der Waals surface area contributed by atoms with Crippen LogP contribution in [0.4, 0.5) is 0 Å². The highest BCUT2D eigenvalue weighted by Gasteiger charge is 2.27. The Kier molecular flexibility index (Phi) is 5.59. The lowest BCUT2D eigenvalue weighted by molar-refractivity contribution is 0.0909. The van der Waals surface area contributed by atoms with Gasteiger partial charge in [-0.2, -0.15) is 0 Å². The fourth-order valence-electron chi connectivity index (χ4n) is 3.32. The zero-order valence-corrected chi connectivity index (χ0v) is 14.3. The molecule has 7 heteroatoms. The Hall–Kier alpha value is -1.66. The van der Waals surface area contributed by atoms with Crippen LogP contribution in [0.5, 0.6) is 0 Å². The van der Waals surface area contributed by atoms with Gasteiger partial charge in [0.2, 0.25) is 0 Å². The summed E-state index contributed by atoms with van der Waals surface area (Å²) in [5, 5.41) is 7.77. The van der Waals surface area contributed by atoms with Crippen LogP contribution in [0.15, 0.2) is 10.6 Å². The van der Waals surface area contributed by atoms with E-state index in [1.807, 2.05) is 13.8 Å². The first-order valence-corrected chi connectivity index (χ1v) is 7.84. The normalized spacial score (nSPS) is 21.0. The highest BCUT2D eigenvalue weighted by Crippen LogP contribution is 2.26. The maximum atomic E-state index is 12.7. The molecule has 1 fully saturated rings. The molecule has 2 unspecified atom stereocenters. The van der Waals surface area contributed by atoms with Crippen LogP contribution in [0.3, 0.4) is 0 Å². The van der Waals surface area contributed by atoms with Gasteiger partial charge in [0.25, 0.3) is 11.6 Å². The highest BCUT2D eigenvalue weighted by atomic mass is 35.5. The van der Waals surface area contributed by atoms with Crippen LogP contribution in [0.2, 0.25) is 0 Å². The van der Waals surface area contributed by atoms with Gasteiger partial charge in [0, 0.05) is 11.7 Å². The number of rotatable bonds is 3. The van der Waals surface area contributed by atoms with Crippen molar-refractivity contribution in [3.63, 3.8) is 0 Å². The summed E-state index contributed by atoms with van der Waals surface area (Å²) in [4.78, 5) is 17.0. The standard InChI is InChI=1S/C16H22N4O2.ClH/c1-9-7-12(14-10(2)20-22-16(14)18-9)15(21)19-13-6-4-3-5-11(13)8-17;/h7,11,13H,3-6,8,17H2,1-2H3,(H,19,21);1H. The minimum atomic E-state index is -0.0906. The fraction of sp³-hybridized carbons (Fsp3) is 0.562. The molecule has 23 heavy (non-hydrogen) atoms. The van der Waals surface area contributed by atoms with Crippen molar-refractivity contribution in [1.29, 1.82) is 0 Å². The smallest absolute Gasteiger partial charge is 0.258 e. The Bertz CT molecular complexity index is 701. The molecule has 3 rings (SSSR count). The van der Waals surface area contributed by atoms with Crippen molar-refractivity contribution < 1.29 is 9.32 Å². The number of pyridine rings is 1. The number of nitrogens with two attached hydrogens (primary N) is 1. The zero-order valence-electron chi connectivity index (χ0n) is 13.5. The van der Waals surface area contributed by atoms with Crippen molar-refractivity contribution in [3.05, 3.63) is 23.0 Å². The van der Waals surface area contributed by atoms with Gasteiger partial charge in [-0.05, 0) is 45.2 Å². The Labute approximate surface area is 141 Å². The summed E-state index contributed by atoms with van der Waals surface area (Å²) in [7, 11) is 0. The predicted molar refractivity (Wildman–Crippen MR) is 90.8 cm³/mol. The van der Waals surface area contributed by atoms with Crippen molar-refractivity contribution >= 4 is 29.4 Å². The number of halogens is 1. The Morgan fingerprint density at radius 3 is 2.87 bits per heavy atom. The Morgan fingerprint density at radius 1 is 1.39 bits per heavy atom. The number of nitrogens with one attached hydrogen (secondary N) is 1. The lowest BCUT2D eigenvalue weighted by Crippen LogP contribution is -2.44. The number of nitrogens with zero attached hydrogens (tertiary/aromatic N) is 2. The number of aryl methyl sites for hydroxylation is 2. The van der Waals surface area contributed by atoms with Crippen molar-refractivity contribution in [2.75, 3.05) is 6.54 Å². The summed E-state index contributed by atoms with van der Waals surface area (Å²) in [6, 6.07) is 1.94. The lowest BCUT2D eigenvalue weighted by atomic mass is 9.84. The third-order valence-electron chi connectivity index (χ3n) is 4.52. The molecule has 2 atom stereocenters. The van der Waals surface area contributed by atoms with E-state index in [9.17, 15) is 4.79 Å². The van der Waals surface area contributed by atoms with Crippen LogP contribution in [-0.4, -0.2) is 28.6 Å². The second-order valence-corrected chi connectivity index (χ2v) is 6.12. The fourth-order valence-corrected chi connectivity index (χ4v) is 3.32. The lowest BCUT2D eigenvalue weighted by Gasteiger charge is -2.31. The SMILES string of the molecule is Cc1cc(C(=O)NC2CCCCC2CN)c2c(C)noc2n1.Cl. The summed E-state index contributed by atoms with van der Waals surface area (Å²) in [6.45, 7) is 4.28. The number of hydrogen-bond donors (Lipinski definition) is 2. The maximum absolute atomic E-state index is 12.7. The average Bonchev–Trinajstić information content (AvgIpc) is 2.88. The molecule has 2 aromatic heterocycles. The first-order valence-electron chi connectivity index (χ1n) is 7.84. The first kappa shape index (κ1) is 17.7. The van der Waals surface area contributed by atoms with Gasteiger partial charge in [-0.1, -0.05) is 18.0 Å². The van der Waals surface area contributed by atoms with Gasteiger partial charge >= 0.3 is 0 Å². The Balaban J connectivity index is 0.00000192. The minimum Gasteiger partial charge on any atom is -0.349 e. The summed E-state index contributed by atoms with van der Waals surface area (Å²) < 4.78 is 5.19. The van der Waals surface area contributed by atoms with Crippen molar-refractivity contribution in [1.82, 2.24) is 15.5 Å². The van der Waals surface area contributed by atoms with Gasteiger partial charge in [0.15, 0.2) is 0 Å². The molecular formula is C16H23ClN4O2. The minimum absolute atomic E-state index is 0. The summed E-state index contributed by atoms with van der Waals surface area (Å²) >= 11 is 0. The van der Waals surface area contributed by atoms with Crippen LogP contribution < -0.4 is 11.1 Å². The van der Waals surface area contributed by atoms with Gasteiger partial charge in [-0.15, -0.1) is 12.4 Å². The molecule has 1 aliphatic carbocycles. The van der Waals surface area contributed by atoms with E-state index in [0.717, 1.165) is 25.0 Å². The van der Waals surface area contributed by atoms with Crippen molar-refractivity contribution in [3.8, 4) is 0 Å². The number of aromatic nitrogens is 2. The van der Waals surface area contributed by atoms with Crippen LogP contribution in [0.1, 0.15) is 47.4 Å². The number of carbonyl (C=O) groups excluding carboxylic acids is 1. The van der Waals surface area contributed by atoms with Crippen LogP contribution in [0, 0.1) is 19.8 Å². The molecule has 0 aliphatic heterocycles. The number of carbonyl (C=O) groups is 1. The van der Waals surface area contributed by atoms with Crippen LogP contribution in [-0.2, 0) is 0 Å². The molecule has 0 bridgehead atoms. The van der Waals surface area contributed by atoms with E-state index < -0.39 is 0 Å². The summed E-state index contributed by atoms with van der Waals surface area (Å²) in [5.41, 5.74) is 8.28. The molecule has 1 aliphatic rings. The van der Waals surface area contributed by atoms with E-state index in [2.05, 4.69) is 15.5 Å². The summed E-state index contributed by atoms with van der Waals surface area (Å²) in [6.07, 6.45) is 4.40. The van der Waals surface area contributed by atoms with Gasteiger partial charge in [0.1, 0.15) is 0 Å². The molecule has 3 N–H and O–H groups in total. The van der Waals surface area contributed by atoms with Gasteiger partial charge in [0.05, 0.1) is 16.6 Å². The maximum Gasteiger partial charge on any atom is 0.258 e. The van der Waals surface area contributed by atoms with Crippen molar-refractivity contribution in [2.24, 2.45) is 11.7 Å². The zero-order chi connectivity index (χ0) is 15.7. The molecule has 1 amide bonds. The third kappa shape index (κ3) is 3.48. The second-order valence-electron chi connectivity index (χ2n) is 6.12.